The average molecular weight is 398 g/mol. The number of hydrogen-bond acceptors (Lipinski definition) is 6. The molecule has 2 heterocycles. The van der Waals surface area contributed by atoms with Crippen LogP contribution >= 0.6 is 0 Å². The van der Waals surface area contributed by atoms with Crippen LogP contribution in [0.25, 0.3) is 0 Å². The second-order valence-corrected chi connectivity index (χ2v) is 8.07. The number of nitrogens with zero attached hydrogens (tertiary/aromatic N) is 1. The molecule has 0 amide bonds. The molecule has 3 aliphatic rings. The van der Waals surface area contributed by atoms with Crippen molar-refractivity contribution in [1.29, 1.82) is 0 Å². The number of carbonyl (C=O) groups is 1. The summed E-state index contributed by atoms with van der Waals surface area (Å²) in [4.78, 5) is 13.0. The highest BCUT2D eigenvalue weighted by atomic mass is 16.7. The summed E-state index contributed by atoms with van der Waals surface area (Å²) in [6, 6.07) is 0.160. The van der Waals surface area contributed by atoms with Crippen LogP contribution in [0.3, 0.4) is 0 Å². The number of ether oxygens (including phenoxy) is 3. The number of carboxylic acids is 1. The first kappa shape index (κ1) is 21.7. The lowest BCUT2D eigenvalue weighted by Gasteiger charge is -2.39. The lowest BCUT2D eigenvalue weighted by atomic mass is 9.95. The van der Waals surface area contributed by atoms with E-state index in [4.69, 9.17) is 19.3 Å². The molecule has 0 radical (unpaired) electrons. The molecule has 1 saturated carbocycles. The molecule has 2 N–H and O–H groups in total. The summed E-state index contributed by atoms with van der Waals surface area (Å²) in [6.07, 6.45) is 9.74. The monoisotopic (exact) mass is 397 g/mol. The number of aliphatic carboxylic acids is 1. The summed E-state index contributed by atoms with van der Waals surface area (Å²) < 4.78 is 17.6. The van der Waals surface area contributed by atoms with Crippen LogP contribution in [0.4, 0.5) is 0 Å². The Balaban J connectivity index is 1.59. The Hall–Kier alpha value is -0.990. The molecule has 3 fully saturated rings. The smallest absolute Gasteiger partial charge is 0.303 e. The zero-order chi connectivity index (χ0) is 19.8. The van der Waals surface area contributed by atoms with E-state index in [2.05, 4.69) is 11.0 Å². The van der Waals surface area contributed by atoms with E-state index in [1.807, 2.05) is 6.08 Å². The van der Waals surface area contributed by atoms with E-state index in [-0.39, 0.29) is 30.8 Å². The lowest BCUT2D eigenvalue weighted by molar-refractivity contribution is -0.200. The third-order valence-corrected chi connectivity index (χ3v) is 6.06. The first-order valence-electron chi connectivity index (χ1n) is 10.8. The van der Waals surface area contributed by atoms with Crippen LogP contribution in [0.2, 0.25) is 0 Å². The summed E-state index contributed by atoms with van der Waals surface area (Å²) in [5.74, 6) is -0.640. The number of aliphatic hydroxyl groups excluding tert-OH is 1. The van der Waals surface area contributed by atoms with Crippen LogP contribution < -0.4 is 0 Å². The van der Waals surface area contributed by atoms with Gasteiger partial charge in [-0.25, -0.2) is 0 Å². The summed E-state index contributed by atoms with van der Waals surface area (Å²) in [5, 5.41) is 19.5. The van der Waals surface area contributed by atoms with Gasteiger partial charge in [0, 0.05) is 44.5 Å². The molecule has 0 spiro atoms. The second kappa shape index (κ2) is 11.3. The van der Waals surface area contributed by atoms with Gasteiger partial charge in [-0.15, -0.1) is 0 Å². The number of carboxylic acid groups (broad SMARTS) is 1. The van der Waals surface area contributed by atoms with Crippen molar-refractivity contribution >= 4 is 5.97 Å². The van der Waals surface area contributed by atoms with E-state index < -0.39 is 12.1 Å². The third-order valence-electron chi connectivity index (χ3n) is 6.06. The Morgan fingerprint density at radius 1 is 1.18 bits per heavy atom. The predicted octanol–water partition coefficient (Wildman–Crippen LogP) is 2.18. The maximum Gasteiger partial charge on any atom is 0.303 e. The SMILES string of the molecule is O=C(O)CCCC=CC[C@H]1[C@H](N2CCOCC2)[C@@H](OC2CCCCO2)C[C@H]1O. The number of allylic oxidation sites excluding steroid dienone is 2. The van der Waals surface area contributed by atoms with E-state index in [1.54, 1.807) is 0 Å². The average Bonchev–Trinajstić information content (AvgIpc) is 3.00. The minimum Gasteiger partial charge on any atom is -0.481 e. The van der Waals surface area contributed by atoms with Crippen molar-refractivity contribution in [3.8, 4) is 0 Å². The maximum atomic E-state index is 10.8. The highest BCUT2D eigenvalue weighted by Crippen LogP contribution is 2.37. The fourth-order valence-corrected chi connectivity index (χ4v) is 4.63. The van der Waals surface area contributed by atoms with Crippen LogP contribution in [0.5, 0.6) is 0 Å². The highest BCUT2D eigenvalue weighted by Gasteiger charge is 2.46. The molecule has 0 aromatic rings. The van der Waals surface area contributed by atoms with Gasteiger partial charge in [-0.05, 0) is 38.5 Å². The molecular formula is C21H35NO6. The quantitative estimate of drug-likeness (QED) is 0.455. The van der Waals surface area contributed by atoms with Gasteiger partial charge in [-0.3, -0.25) is 9.69 Å². The molecule has 28 heavy (non-hydrogen) atoms. The molecule has 0 aromatic carbocycles. The first-order chi connectivity index (χ1) is 13.6. The molecule has 7 heteroatoms. The number of aliphatic hydroxyl groups is 1. The third kappa shape index (κ3) is 6.26. The second-order valence-electron chi connectivity index (χ2n) is 8.07. The molecule has 1 aliphatic carbocycles. The maximum absolute atomic E-state index is 10.8. The van der Waals surface area contributed by atoms with Crippen LogP contribution in [0.1, 0.15) is 51.4 Å². The van der Waals surface area contributed by atoms with Gasteiger partial charge in [0.1, 0.15) is 0 Å². The Morgan fingerprint density at radius 3 is 2.71 bits per heavy atom. The summed E-state index contributed by atoms with van der Waals surface area (Å²) >= 11 is 0. The zero-order valence-electron chi connectivity index (χ0n) is 16.7. The van der Waals surface area contributed by atoms with Crippen molar-refractivity contribution in [2.24, 2.45) is 5.92 Å². The summed E-state index contributed by atoms with van der Waals surface area (Å²) in [6.45, 7) is 3.92. The van der Waals surface area contributed by atoms with Crippen molar-refractivity contribution in [1.82, 2.24) is 4.90 Å². The number of morpholine rings is 1. The van der Waals surface area contributed by atoms with E-state index in [9.17, 15) is 9.90 Å². The molecule has 0 aromatic heterocycles. The minimum atomic E-state index is -0.753. The number of rotatable bonds is 9. The zero-order valence-corrected chi connectivity index (χ0v) is 16.7. The van der Waals surface area contributed by atoms with Gasteiger partial charge in [0.15, 0.2) is 6.29 Å². The molecule has 160 valence electrons. The van der Waals surface area contributed by atoms with Crippen molar-refractivity contribution in [3.63, 3.8) is 0 Å². The molecule has 3 rings (SSSR count). The number of unbranched alkanes of at least 4 members (excludes halogenated alkanes) is 1. The lowest BCUT2D eigenvalue weighted by Crippen LogP contribution is -2.51. The molecule has 1 unspecified atom stereocenters. The van der Waals surface area contributed by atoms with Crippen LogP contribution in [-0.4, -0.2) is 78.5 Å². The summed E-state index contributed by atoms with van der Waals surface area (Å²) in [7, 11) is 0. The van der Waals surface area contributed by atoms with Gasteiger partial charge in [0.05, 0.1) is 25.4 Å². The van der Waals surface area contributed by atoms with E-state index in [0.29, 0.717) is 12.8 Å². The molecule has 0 bridgehead atoms. The van der Waals surface area contributed by atoms with Gasteiger partial charge >= 0.3 is 5.97 Å². The Labute approximate surface area is 167 Å². The fraction of sp³-hybridized carbons (Fsp3) is 0.857. The van der Waals surface area contributed by atoms with E-state index in [1.165, 1.54) is 0 Å². The van der Waals surface area contributed by atoms with Crippen molar-refractivity contribution in [3.05, 3.63) is 12.2 Å². The Morgan fingerprint density at radius 2 is 2.00 bits per heavy atom. The van der Waals surface area contributed by atoms with Gasteiger partial charge in [-0.1, -0.05) is 12.2 Å². The van der Waals surface area contributed by atoms with Gasteiger partial charge < -0.3 is 24.4 Å². The van der Waals surface area contributed by atoms with Crippen molar-refractivity contribution < 1.29 is 29.2 Å². The Bertz CT molecular complexity index is 501. The van der Waals surface area contributed by atoms with Gasteiger partial charge in [-0.2, -0.15) is 0 Å². The molecular weight excluding hydrogens is 362 g/mol. The largest absolute Gasteiger partial charge is 0.481 e. The standard InChI is InChI=1S/C21H35NO6/c23-17-15-18(28-20-9-5-6-12-27-20)21(22-10-13-26-14-11-22)16(17)7-3-1-2-4-8-19(24)25/h1,3,16-18,20-21,23H,2,4-15H2,(H,24,25)/t16-,17-,18+,20?,21+/m1/s1. The normalized spacial score (nSPS) is 34.8. The van der Waals surface area contributed by atoms with E-state index >= 15 is 0 Å². The molecule has 2 saturated heterocycles. The first-order valence-corrected chi connectivity index (χ1v) is 10.8. The predicted molar refractivity (Wildman–Crippen MR) is 104 cm³/mol. The van der Waals surface area contributed by atoms with Gasteiger partial charge in [0.25, 0.3) is 0 Å². The fourth-order valence-electron chi connectivity index (χ4n) is 4.63. The van der Waals surface area contributed by atoms with Gasteiger partial charge in [0.2, 0.25) is 0 Å². The summed E-state index contributed by atoms with van der Waals surface area (Å²) in [5.41, 5.74) is 0. The topological polar surface area (TPSA) is 88.5 Å². The molecule has 2 aliphatic heterocycles. The van der Waals surface area contributed by atoms with Crippen LogP contribution in [-0.2, 0) is 19.0 Å². The van der Waals surface area contributed by atoms with Crippen LogP contribution in [0.15, 0.2) is 12.2 Å². The van der Waals surface area contributed by atoms with E-state index in [0.717, 1.165) is 65.0 Å². The Kier molecular flexibility index (Phi) is 8.73. The van der Waals surface area contributed by atoms with Crippen LogP contribution in [0, 0.1) is 5.92 Å². The number of hydrogen-bond donors (Lipinski definition) is 2. The molecule has 7 nitrogen and oxygen atoms in total. The minimum absolute atomic E-state index is 0.0263. The molecule has 5 atom stereocenters. The van der Waals surface area contributed by atoms with Crippen molar-refractivity contribution in [2.75, 3.05) is 32.9 Å². The van der Waals surface area contributed by atoms with Crippen molar-refractivity contribution in [2.45, 2.75) is 75.9 Å². The highest BCUT2D eigenvalue weighted by molar-refractivity contribution is 5.66.